The van der Waals surface area contributed by atoms with Gasteiger partial charge in [0.15, 0.2) is 0 Å². The van der Waals surface area contributed by atoms with Crippen molar-refractivity contribution in [1.29, 1.82) is 0 Å². The summed E-state index contributed by atoms with van der Waals surface area (Å²) in [6.07, 6.45) is 0.814. The lowest BCUT2D eigenvalue weighted by Gasteiger charge is -2.41. The van der Waals surface area contributed by atoms with E-state index in [1.54, 1.807) is 7.11 Å². The third-order valence-corrected chi connectivity index (χ3v) is 3.97. The fraction of sp³-hybridized carbons (Fsp3) is 0.600. The van der Waals surface area contributed by atoms with Crippen LogP contribution in [0.5, 0.6) is 5.75 Å². The number of benzene rings is 1. The smallest absolute Gasteiger partial charge is 0.118 e. The Morgan fingerprint density at radius 1 is 1.33 bits per heavy atom. The number of hydrogen-bond donors (Lipinski definition) is 1. The normalized spacial score (nSPS) is 23.9. The molecule has 0 saturated carbocycles. The van der Waals surface area contributed by atoms with Crippen LogP contribution in [0.15, 0.2) is 24.3 Å². The number of ether oxygens (including phenoxy) is 1. The molecule has 1 saturated heterocycles. The summed E-state index contributed by atoms with van der Waals surface area (Å²) in [7, 11) is 1.68. The predicted molar refractivity (Wildman–Crippen MR) is 72.7 cm³/mol. The summed E-state index contributed by atoms with van der Waals surface area (Å²) < 4.78 is 5.15. The molecule has 2 rings (SSSR count). The third-order valence-electron chi connectivity index (χ3n) is 3.97. The van der Waals surface area contributed by atoms with Crippen LogP contribution in [-0.4, -0.2) is 36.3 Å². The van der Waals surface area contributed by atoms with Gasteiger partial charge in [-0.05, 0) is 36.1 Å². The molecule has 0 aliphatic carbocycles. The fourth-order valence-corrected chi connectivity index (χ4v) is 2.33. The van der Waals surface area contributed by atoms with Crippen molar-refractivity contribution in [3.8, 4) is 5.75 Å². The van der Waals surface area contributed by atoms with Gasteiger partial charge in [0.1, 0.15) is 5.75 Å². The Kier molecular flexibility index (Phi) is 3.93. The quantitative estimate of drug-likeness (QED) is 0.892. The second-order valence-electron chi connectivity index (χ2n) is 5.84. The molecular weight excluding hydrogens is 226 g/mol. The molecule has 1 N–H and O–H groups in total. The minimum atomic E-state index is -0.232. The van der Waals surface area contributed by atoms with Crippen LogP contribution in [0.4, 0.5) is 0 Å². The summed E-state index contributed by atoms with van der Waals surface area (Å²) in [4.78, 5) is 2.32. The second kappa shape index (κ2) is 5.29. The van der Waals surface area contributed by atoms with Gasteiger partial charge in [-0.25, -0.2) is 0 Å². The van der Waals surface area contributed by atoms with Crippen molar-refractivity contribution in [2.75, 3.05) is 20.2 Å². The first kappa shape index (κ1) is 13.4. The first-order valence-corrected chi connectivity index (χ1v) is 6.54. The van der Waals surface area contributed by atoms with Crippen molar-refractivity contribution < 1.29 is 9.84 Å². The van der Waals surface area contributed by atoms with Gasteiger partial charge in [-0.1, -0.05) is 26.0 Å². The molecule has 1 heterocycles. The van der Waals surface area contributed by atoms with Gasteiger partial charge in [0.25, 0.3) is 0 Å². The molecule has 1 aliphatic rings. The van der Waals surface area contributed by atoms with E-state index < -0.39 is 0 Å². The van der Waals surface area contributed by atoms with E-state index in [1.165, 1.54) is 5.56 Å². The molecule has 18 heavy (non-hydrogen) atoms. The molecule has 1 aromatic rings. The van der Waals surface area contributed by atoms with Gasteiger partial charge in [0, 0.05) is 13.1 Å². The Balaban J connectivity index is 1.94. The number of nitrogens with zero attached hydrogens (tertiary/aromatic N) is 1. The molecule has 1 fully saturated rings. The first-order valence-electron chi connectivity index (χ1n) is 6.54. The minimum absolute atomic E-state index is 0.0520. The van der Waals surface area contributed by atoms with Crippen LogP contribution in [0, 0.1) is 5.41 Å². The van der Waals surface area contributed by atoms with Gasteiger partial charge in [0.05, 0.1) is 13.2 Å². The zero-order valence-corrected chi connectivity index (χ0v) is 11.5. The molecule has 0 spiro atoms. The molecule has 3 heteroatoms. The monoisotopic (exact) mass is 249 g/mol. The third kappa shape index (κ3) is 3.03. The Morgan fingerprint density at radius 2 is 2.00 bits per heavy atom. The number of piperidine rings is 1. The van der Waals surface area contributed by atoms with Crippen molar-refractivity contribution in [1.82, 2.24) is 4.90 Å². The lowest BCUT2D eigenvalue weighted by Crippen LogP contribution is -2.47. The number of aliphatic hydroxyl groups excluding tert-OH is 1. The van der Waals surface area contributed by atoms with E-state index >= 15 is 0 Å². The van der Waals surface area contributed by atoms with Crippen molar-refractivity contribution >= 4 is 0 Å². The first-order chi connectivity index (χ1) is 8.51. The highest BCUT2D eigenvalue weighted by Crippen LogP contribution is 2.30. The number of rotatable bonds is 3. The molecule has 1 unspecified atom stereocenters. The number of hydrogen-bond acceptors (Lipinski definition) is 3. The van der Waals surface area contributed by atoms with E-state index in [2.05, 4.69) is 30.9 Å². The van der Waals surface area contributed by atoms with Crippen LogP contribution in [0.25, 0.3) is 0 Å². The van der Waals surface area contributed by atoms with Gasteiger partial charge in [-0.2, -0.15) is 0 Å². The van der Waals surface area contributed by atoms with Crippen molar-refractivity contribution in [3.05, 3.63) is 29.8 Å². The summed E-state index contributed by atoms with van der Waals surface area (Å²) in [5.74, 6) is 0.888. The maximum Gasteiger partial charge on any atom is 0.118 e. The predicted octanol–water partition coefficient (Wildman–Crippen LogP) is 2.29. The van der Waals surface area contributed by atoms with Gasteiger partial charge in [-0.15, -0.1) is 0 Å². The average molecular weight is 249 g/mol. The van der Waals surface area contributed by atoms with Gasteiger partial charge < -0.3 is 9.84 Å². The topological polar surface area (TPSA) is 32.7 Å². The van der Waals surface area contributed by atoms with Crippen LogP contribution >= 0.6 is 0 Å². The largest absolute Gasteiger partial charge is 0.497 e. The zero-order valence-electron chi connectivity index (χ0n) is 11.5. The Morgan fingerprint density at radius 3 is 2.56 bits per heavy atom. The number of β-amino-alcohol motifs (C(OH)–C–C–N with tert-alkyl or cyclic N) is 1. The summed E-state index contributed by atoms with van der Waals surface area (Å²) in [5.41, 5.74) is 1.32. The fourth-order valence-electron chi connectivity index (χ4n) is 2.33. The van der Waals surface area contributed by atoms with Crippen LogP contribution in [0.3, 0.4) is 0 Å². The van der Waals surface area contributed by atoms with E-state index in [0.717, 1.165) is 31.8 Å². The molecule has 0 amide bonds. The maximum absolute atomic E-state index is 10.1. The van der Waals surface area contributed by atoms with Gasteiger partial charge in [-0.3, -0.25) is 4.90 Å². The van der Waals surface area contributed by atoms with E-state index in [1.807, 2.05) is 12.1 Å². The molecule has 100 valence electrons. The molecule has 0 radical (unpaired) electrons. The highest BCUT2D eigenvalue weighted by molar-refractivity contribution is 5.27. The molecule has 3 nitrogen and oxygen atoms in total. The van der Waals surface area contributed by atoms with Crippen molar-refractivity contribution in [2.24, 2.45) is 5.41 Å². The van der Waals surface area contributed by atoms with E-state index in [-0.39, 0.29) is 11.5 Å². The SMILES string of the molecule is COc1ccc(CN2CCC(C)(C)C(O)C2)cc1. The Bertz CT molecular complexity index is 386. The van der Waals surface area contributed by atoms with Gasteiger partial charge >= 0.3 is 0 Å². The summed E-state index contributed by atoms with van der Waals surface area (Å²) in [6, 6.07) is 8.15. The number of methoxy groups -OCH3 is 1. The van der Waals surface area contributed by atoms with Crippen molar-refractivity contribution in [2.45, 2.75) is 32.9 Å². The summed E-state index contributed by atoms with van der Waals surface area (Å²) >= 11 is 0. The molecule has 1 atom stereocenters. The lowest BCUT2D eigenvalue weighted by atomic mass is 9.80. The zero-order chi connectivity index (χ0) is 13.2. The molecule has 0 aromatic heterocycles. The Labute approximate surface area is 109 Å². The second-order valence-corrected chi connectivity index (χ2v) is 5.84. The van der Waals surface area contributed by atoms with E-state index in [0.29, 0.717) is 0 Å². The number of likely N-dealkylation sites (tertiary alicyclic amines) is 1. The lowest BCUT2D eigenvalue weighted by molar-refractivity contribution is -0.0278. The molecule has 0 bridgehead atoms. The maximum atomic E-state index is 10.1. The van der Waals surface area contributed by atoms with Gasteiger partial charge in [0.2, 0.25) is 0 Å². The molecule has 1 aliphatic heterocycles. The van der Waals surface area contributed by atoms with Crippen molar-refractivity contribution in [3.63, 3.8) is 0 Å². The van der Waals surface area contributed by atoms with E-state index in [9.17, 15) is 5.11 Å². The number of aliphatic hydroxyl groups is 1. The summed E-state index contributed by atoms with van der Waals surface area (Å²) in [5, 5.41) is 10.1. The highest BCUT2D eigenvalue weighted by Gasteiger charge is 2.33. The minimum Gasteiger partial charge on any atom is -0.497 e. The van der Waals surface area contributed by atoms with Crippen LogP contribution in [0.1, 0.15) is 25.8 Å². The van der Waals surface area contributed by atoms with E-state index in [4.69, 9.17) is 4.74 Å². The van der Waals surface area contributed by atoms with Crippen LogP contribution in [0.2, 0.25) is 0 Å². The average Bonchev–Trinajstić information content (AvgIpc) is 2.35. The molecular formula is C15H23NO2. The van der Waals surface area contributed by atoms with Crippen LogP contribution in [-0.2, 0) is 6.54 Å². The van der Waals surface area contributed by atoms with Crippen LogP contribution < -0.4 is 4.74 Å². The Hall–Kier alpha value is -1.06. The molecule has 1 aromatic carbocycles. The standard InChI is InChI=1S/C15H23NO2/c1-15(2)8-9-16(11-14(15)17)10-12-4-6-13(18-3)7-5-12/h4-7,14,17H,8-11H2,1-3H3. The summed E-state index contributed by atoms with van der Waals surface area (Å²) in [6.45, 7) is 7.00. The highest BCUT2D eigenvalue weighted by atomic mass is 16.5.